The van der Waals surface area contributed by atoms with Crippen LogP contribution < -0.4 is 51.6 Å². The number of piperidine rings is 2. The molecule has 0 spiro atoms. The minimum atomic E-state index is -4.02. The van der Waals surface area contributed by atoms with E-state index in [1.54, 1.807) is 89.5 Å². The Kier molecular flexibility index (Phi) is 33.6. The molecule has 9 aromatic rings. The highest BCUT2D eigenvalue weighted by atomic mass is 79.9. The number of aliphatic hydroxyl groups excluding tert-OH is 1. The smallest absolute Gasteiger partial charge is 0.294 e. The van der Waals surface area contributed by atoms with E-state index in [0.717, 1.165) is 144 Å². The van der Waals surface area contributed by atoms with Crippen molar-refractivity contribution in [2.75, 3.05) is 172 Å². The predicted molar refractivity (Wildman–Crippen MR) is 468 cm³/mol. The second-order valence-electron chi connectivity index (χ2n) is 29.3. The Hall–Kier alpha value is -7.90. The second kappa shape index (κ2) is 42.5. The summed E-state index contributed by atoms with van der Waals surface area (Å²) in [7, 11) is -1.65. The molecule has 4 aliphatic rings. The van der Waals surface area contributed by atoms with Crippen molar-refractivity contribution in [3.63, 3.8) is 0 Å². The fourth-order valence-corrected chi connectivity index (χ4v) is 17.2. The molecule has 0 amide bonds. The molecule has 7 N–H and O–H groups in total. The maximum atomic E-state index is 13.4. The van der Waals surface area contributed by atoms with Crippen LogP contribution in [0.5, 0.6) is 11.5 Å². The van der Waals surface area contributed by atoms with Gasteiger partial charge in [0.25, 0.3) is 10.1 Å². The Morgan fingerprint density at radius 3 is 1.39 bits per heavy atom. The molecular formula is C81H107Br2ClF2N18O8P2S. The summed E-state index contributed by atoms with van der Waals surface area (Å²) in [5.74, 6) is 2.48. The number of likely N-dealkylation sites (N-methyl/N-ethyl adjacent to an activating group) is 2. The van der Waals surface area contributed by atoms with Gasteiger partial charge in [-0.05, 0) is 208 Å². The highest BCUT2D eigenvalue weighted by Gasteiger charge is 2.31. The van der Waals surface area contributed by atoms with Gasteiger partial charge in [-0.25, -0.2) is 38.7 Å². The molecule has 5 aromatic carbocycles. The zero-order valence-corrected chi connectivity index (χ0v) is 74.0. The summed E-state index contributed by atoms with van der Waals surface area (Å²) in [4.78, 5) is 48.6. The molecule has 34 heteroatoms. The first-order valence-corrected chi connectivity index (χ1v) is 46.9. The topological polar surface area (TPSA) is 312 Å². The number of piperazine rings is 2. The lowest BCUT2D eigenvalue weighted by atomic mass is 9.99. The van der Waals surface area contributed by atoms with E-state index in [9.17, 15) is 26.3 Å². The highest BCUT2D eigenvalue weighted by molar-refractivity contribution is 9.11. The normalized spacial score (nSPS) is 15.5. The maximum absolute atomic E-state index is 13.4. The first-order valence-electron chi connectivity index (χ1n) is 38.3. The average Bonchev–Trinajstić information content (AvgIpc) is 0.821. The number of methoxy groups -OCH3 is 2. The van der Waals surface area contributed by atoms with Gasteiger partial charge in [-0.1, -0.05) is 44.9 Å². The molecule has 0 bridgehead atoms. The van der Waals surface area contributed by atoms with Crippen LogP contribution in [-0.2, 0) is 32.1 Å². The van der Waals surface area contributed by atoms with Gasteiger partial charge in [0.1, 0.15) is 37.4 Å². The second-order valence-corrected chi connectivity index (χ2v) is 39.1. The number of rotatable bonds is 21. The van der Waals surface area contributed by atoms with Crippen LogP contribution in [0.2, 0.25) is 5.28 Å². The predicted octanol–water partition coefficient (Wildman–Crippen LogP) is 14.9. The van der Waals surface area contributed by atoms with Crippen molar-refractivity contribution in [3.05, 3.63) is 165 Å². The number of unbranched alkanes of at least 4 members (excludes halogenated alkanes) is 1. The number of nitrogens with two attached hydrogens (primary N) is 1. The lowest BCUT2D eigenvalue weighted by molar-refractivity contribution is 0.0982. The summed E-state index contributed by atoms with van der Waals surface area (Å²) in [6.07, 6.45) is 16.3. The molecule has 26 nitrogen and oxygen atoms in total. The van der Waals surface area contributed by atoms with E-state index in [1.807, 2.05) is 13.0 Å². The fraction of sp³-hybridized carbons (Fsp3) is 0.432. The molecule has 4 fully saturated rings. The minimum absolute atomic E-state index is 0.0666. The summed E-state index contributed by atoms with van der Waals surface area (Å²) < 4.78 is 94.8. The van der Waals surface area contributed by atoms with Crippen LogP contribution in [0.25, 0.3) is 22.8 Å². The Morgan fingerprint density at radius 2 is 0.991 bits per heavy atom. The van der Waals surface area contributed by atoms with E-state index in [4.69, 9.17) is 41.5 Å². The van der Waals surface area contributed by atoms with Crippen LogP contribution >= 0.6 is 57.7 Å². The fourth-order valence-electron chi connectivity index (χ4n) is 13.7. The number of aryl methyl sites for hydroxylation is 3. The van der Waals surface area contributed by atoms with E-state index in [1.165, 1.54) is 79.9 Å². The van der Waals surface area contributed by atoms with E-state index in [0.29, 0.717) is 89.7 Å². The summed E-state index contributed by atoms with van der Waals surface area (Å²) >= 11 is 12.8. The standard InChI is InChI=1S/C35H44BrFN9O2P.C19H32N4O.C16H13BrClFN5OP.C7H8O3S.C4H10O/c1-6-23-17-29(31(48-3)19-30(23)46-11-9-26(10-12-46)45-15-13-44(2)14-16-45)42-35-40-22-27(36)34(43-35)41-28-8-7-24(18-32(28)49(4,5)47)33-38-20-25(37)21-39-33;1-4-15-13-17(20)19(24-3)14-18(15)23-7-5-16(6-8-23)22-11-9-21(2)10-12-22;1-26(2,25)13-5-9(14-20-6-10(19)7-21-14)3-4-12(13)23-15-11(17)8-22-16(18)24-15;1-6-2-4-7(5-3-6)11(8,9)10;1-2-3-4-5/h7-8,17-22,26H,6,9-16H2,1-5H3,(H2,40,41,42,43);13-14,16H,4-12,20H2,1-3H3;3-8H,1-2H3,(H,22,23,24);2-5H,1H3,(H,8,9,10);5H,2-4H2,1H3. The van der Waals surface area contributed by atoms with E-state index < -0.39 is 36.0 Å². The Labute approximate surface area is 697 Å². The third kappa shape index (κ3) is 26.0. The van der Waals surface area contributed by atoms with Crippen molar-refractivity contribution >= 4 is 130 Å². The summed E-state index contributed by atoms with van der Waals surface area (Å²) in [6.45, 7) is 29.1. The largest absolute Gasteiger partial charge is 0.495 e. The number of hydrogen-bond acceptors (Lipinski definition) is 25. The number of nitrogen functional groups attached to an aromatic ring is 1. The molecule has 4 aliphatic heterocycles. The average molecular weight is 1790 g/mol. The van der Waals surface area contributed by atoms with Crippen LogP contribution in [0.15, 0.2) is 136 Å². The van der Waals surface area contributed by atoms with Crippen molar-refractivity contribution in [3.8, 4) is 34.3 Å². The maximum Gasteiger partial charge on any atom is 0.294 e. The summed E-state index contributed by atoms with van der Waals surface area (Å²) in [5, 5.41) is 19.2. The Balaban J connectivity index is 0.000000192. The lowest BCUT2D eigenvalue weighted by Gasteiger charge is -2.43. The molecule has 0 atom stereocenters. The van der Waals surface area contributed by atoms with Crippen molar-refractivity contribution in [1.29, 1.82) is 0 Å². The molecule has 0 saturated carbocycles. The van der Waals surface area contributed by atoms with E-state index in [2.05, 4.69) is 171 Å². The molecule has 13 rings (SSSR count). The molecule has 4 aromatic heterocycles. The first kappa shape index (κ1) is 91.0. The number of halogens is 5. The van der Waals surface area contributed by atoms with Crippen LogP contribution in [-0.4, -0.2) is 230 Å². The number of anilines is 9. The molecule has 0 radical (unpaired) electrons. The molecule has 115 heavy (non-hydrogen) atoms. The third-order valence-electron chi connectivity index (χ3n) is 20.3. The van der Waals surface area contributed by atoms with Gasteiger partial charge in [0.2, 0.25) is 11.2 Å². The monoisotopic (exact) mass is 1780 g/mol. The number of nitrogens with one attached hydrogen (secondary N) is 3. The van der Waals surface area contributed by atoms with Gasteiger partial charge in [-0.15, -0.1) is 0 Å². The third-order valence-corrected chi connectivity index (χ3v) is 25.5. The number of aromatic nitrogens is 8. The zero-order valence-electron chi connectivity index (χ0n) is 67.4. The van der Waals surface area contributed by atoms with Gasteiger partial charge in [0.15, 0.2) is 23.3 Å². The van der Waals surface area contributed by atoms with Gasteiger partial charge >= 0.3 is 0 Å². The number of benzene rings is 5. The van der Waals surface area contributed by atoms with Crippen molar-refractivity contribution in [1.82, 2.24) is 59.5 Å². The molecular weight excluding hydrogens is 1680 g/mol. The Morgan fingerprint density at radius 1 is 0.565 bits per heavy atom. The number of ether oxygens (including phenoxy) is 2. The lowest BCUT2D eigenvalue weighted by Crippen LogP contribution is -2.52. The molecule has 620 valence electrons. The summed E-state index contributed by atoms with van der Waals surface area (Å²) in [6, 6.07) is 26.5. The quantitative estimate of drug-likeness (QED) is 0.0168. The molecule has 0 aliphatic carbocycles. The van der Waals surface area contributed by atoms with Gasteiger partial charge in [0.05, 0.1) is 75.6 Å². The number of hydrogen-bond donors (Lipinski definition) is 6. The molecule has 4 saturated heterocycles. The Bertz CT molecular complexity index is 4900. The van der Waals surface area contributed by atoms with E-state index >= 15 is 0 Å². The SMILES string of the molecule is CCCCO.CCc1cc(N)c(OC)cc1N1CCC(N2CCN(C)CC2)CC1.CCc1cc(Nc2ncc(Br)c(Nc3ccc(-c4ncc(F)cn4)cc3P(C)(C)=O)n2)c(OC)cc1N1CCC(N2CCN(C)CC2)CC1.CP(C)(=O)c1cc(-c2ncc(F)cn2)ccc1Nc1nc(Cl)ncc1Br.Cc1ccc(S(=O)(=O)O)cc1. The van der Waals surface area contributed by atoms with Gasteiger partial charge in [0, 0.05) is 155 Å². The highest BCUT2D eigenvalue weighted by Crippen LogP contribution is 2.43. The van der Waals surface area contributed by atoms with Crippen molar-refractivity contribution < 1.29 is 45.5 Å². The van der Waals surface area contributed by atoms with Crippen LogP contribution in [0.3, 0.4) is 0 Å². The number of nitrogens with zero attached hydrogens (tertiary/aromatic N) is 14. The zero-order chi connectivity index (χ0) is 83.3. The molecule has 0 unspecified atom stereocenters. The van der Waals surface area contributed by atoms with E-state index in [-0.39, 0.29) is 10.2 Å². The van der Waals surface area contributed by atoms with Crippen LogP contribution in [0.4, 0.5) is 60.5 Å². The number of aliphatic hydroxyl groups is 1. The molecule has 8 heterocycles. The van der Waals surface area contributed by atoms with Gasteiger partial charge < -0.3 is 65.0 Å². The van der Waals surface area contributed by atoms with Crippen LogP contribution in [0, 0.1) is 18.6 Å². The van der Waals surface area contributed by atoms with Crippen molar-refractivity contribution in [2.45, 2.75) is 96.0 Å². The minimum Gasteiger partial charge on any atom is -0.495 e. The van der Waals surface area contributed by atoms with Crippen molar-refractivity contribution in [2.24, 2.45) is 0 Å². The van der Waals surface area contributed by atoms with Gasteiger partial charge in [-0.2, -0.15) is 18.4 Å². The summed E-state index contributed by atoms with van der Waals surface area (Å²) in [5.41, 5.74) is 16.1. The van der Waals surface area contributed by atoms with Crippen LogP contribution in [0.1, 0.15) is 76.0 Å². The van der Waals surface area contributed by atoms with Gasteiger partial charge in [-0.3, -0.25) is 14.4 Å². The first-order chi connectivity index (χ1) is 54.8.